The molecular formula is C16H13ClF3NO4S. The summed E-state index contributed by atoms with van der Waals surface area (Å²) in [6.07, 6.45) is -4.66. The summed E-state index contributed by atoms with van der Waals surface area (Å²) in [6, 6.07) is 5.94. The van der Waals surface area contributed by atoms with Gasteiger partial charge in [-0.15, -0.1) is 0 Å². The summed E-state index contributed by atoms with van der Waals surface area (Å²) in [5.74, 6) is -0.739. The molecule has 0 aliphatic heterocycles. The summed E-state index contributed by atoms with van der Waals surface area (Å²) >= 11 is 5.80. The molecular weight excluding hydrogens is 395 g/mol. The lowest BCUT2D eigenvalue weighted by molar-refractivity contribution is -0.137. The van der Waals surface area contributed by atoms with Crippen molar-refractivity contribution in [1.29, 1.82) is 0 Å². The van der Waals surface area contributed by atoms with Gasteiger partial charge in [-0.25, -0.2) is 13.2 Å². The van der Waals surface area contributed by atoms with Crippen LogP contribution in [0.25, 0.3) is 0 Å². The van der Waals surface area contributed by atoms with Crippen LogP contribution in [0.15, 0.2) is 41.3 Å². The number of hydrogen-bond acceptors (Lipinski definition) is 4. The van der Waals surface area contributed by atoms with E-state index >= 15 is 0 Å². The maximum Gasteiger partial charge on any atom is 0.416 e. The van der Waals surface area contributed by atoms with Crippen molar-refractivity contribution in [2.24, 2.45) is 0 Å². The minimum absolute atomic E-state index is 0.0190. The predicted molar refractivity (Wildman–Crippen MR) is 89.8 cm³/mol. The molecule has 0 aromatic heterocycles. The van der Waals surface area contributed by atoms with E-state index in [1.54, 1.807) is 6.92 Å². The van der Waals surface area contributed by atoms with Crippen LogP contribution in [-0.4, -0.2) is 21.5 Å². The Labute approximate surface area is 152 Å². The molecule has 0 spiro atoms. The minimum atomic E-state index is -4.66. The number of esters is 1. The smallest absolute Gasteiger partial charge is 0.416 e. The molecule has 0 atom stereocenters. The molecule has 0 bridgehead atoms. The Kier molecular flexibility index (Phi) is 5.52. The highest BCUT2D eigenvalue weighted by Gasteiger charge is 2.31. The fourth-order valence-electron chi connectivity index (χ4n) is 2.08. The fraction of sp³-hybridized carbons (Fsp3) is 0.188. The normalized spacial score (nSPS) is 11.9. The highest BCUT2D eigenvalue weighted by Crippen LogP contribution is 2.34. The zero-order valence-electron chi connectivity index (χ0n) is 13.5. The van der Waals surface area contributed by atoms with E-state index < -0.39 is 33.4 Å². The Morgan fingerprint density at radius 2 is 1.81 bits per heavy atom. The number of hydrogen-bond donors (Lipinski definition) is 1. The molecule has 2 aromatic carbocycles. The number of sulfonamides is 1. The van der Waals surface area contributed by atoms with Gasteiger partial charge in [0.1, 0.15) is 0 Å². The van der Waals surface area contributed by atoms with Gasteiger partial charge in [-0.1, -0.05) is 17.7 Å². The van der Waals surface area contributed by atoms with Gasteiger partial charge in [-0.2, -0.15) is 13.2 Å². The van der Waals surface area contributed by atoms with Crippen molar-refractivity contribution in [2.45, 2.75) is 18.0 Å². The summed E-state index contributed by atoms with van der Waals surface area (Å²) < 4.78 is 70.0. The zero-order valence-corrected chi connectivity index (χ0v) is 15.1. The van der Waals surface area contributed by atoms with Gasteiger partial charge in [0.2, 0.25) is 0 Å². The van der Waals surface area contributed by atoms with Crippen molar-refractivity contribution in [1.82, 2.24) is 0 Å². The third-order valence-electron chi connectivity index (χ3n) is 3.46. The van der Waals surface area contributed by atoms with Crippen molar-refractivity contribution < 1.29 is 31.1 Å². The average molecular weight is 408 g/mol. The molecule has 0 saturated heterocycles. The number of carbonyl (C=O) groups excluding carboxylic acids is 1. The third-order valence-corrected chi connectivity index (χ3v) is 5.16. The number of rotatable bonds is 4. The number of nitrogens with one attached hydrogen (secondary N) is 1. The van der Waals surface area contributed by atoms with Crippen LogP contribution in [0, 0.1) is 6.92 Å². The van der Waals surface area contributed by atoms with Crippen molar-refractivity contribution in [3.63, 3.8) is 0 Å². The molecule has 0 amide bonds. The summed E-state index contributed by atoms with van der Waals surface area (Å²) in [5, 5.41) is -0.207. The van der Waals surface area contributed by atoms with Gasteiger partial charge in [-0.05, 0) is 42.8 Å². The lowest BCUT2D eigenvalue weighted by Gasteiger charge is -2.14. The first kappa shape index (κ1) is 20.1. The second-order valence-corrected chi connectivity index (χ2v) is 7.36. The molecule has 10 heteroatoms. The number of methoxy groups -OCH3 is 1. The van der Waals surface area contributed by atoms with E-state index in [2.05, 4.69) is 4.74 Å². The summed E-state index contributed by atoms with van der Waals surface area (Å²) in [7, 11) is -3.15. The number of aryl methyl sites for hydroxylation is 1. The molecule has 0 saturated carbocycles. The number of ether oxygens (including phenoxy) is 1. The van der Waals surface area contributed by atoms with Crippen molar-refractivity contribution in [3.05, 3.63) is 58.1 Å². The Morgan fingerprint density at radius 1 is 1.15 bits per heavy atom. The first-order valence-electron chi connectivity index (χ1n) is 7.04. The van der Waals surface area contributed by atoms with E-state index in [9.17, 15) is 26.4 Å². The zero-order chi connectivity index (χ0) is 19.7. The van der Waals surface area contributed by atoms with Crippen LogP contribution in [0.5, 0.6) is 0 Å². The van der Waals surface area contributed by atoms with Gasteiger partial charge in [0, 0.05) is 0 Å². The SMILES string of the molecule is COC(=O)c1cc(S(=O)(=O)Nc2cc(C(F)(F)F)ccc2Cl)ccc1C. The minimum Gasteiger partial charge on any atom is -0.465 e. The Morgan fingerprint density at radius 3 is 2.38 bits per heavy atom. The van der Waals surface area contributed by atoms with Gasteiger partial charge in [0.25, 0.3) is 10.0 Å². The number of halogens is 4. The van der Waals surface area contributed by atoms with E-state index in [0.717, 1.165) is 25.3 Å². The van der Waals surface area contributed by atoms with Gasteiger partial charge in [0.15, 0.2) is 0 Å². The predicted octanol–water partition coefficient (Wildman–Crippen LogP) is 4.25. The quantitative estimate of drug-likeness (QED) is 0.769. The number of carbonyl (C=O) groups is 1. The van der Waals surface area contributed by atoms with E-state index in [4.69, 9.17) is 11.6 Å². The van der Waals surface area contributed by atoms with Gasteiger partial charge in [-0.3, -0.25) is 4.72 Å². The topological polar surface area (TPSA) is 72.5 Å². The molecule has 0 unspecified atom stereocenters. The Hall–Kier alpha value is -2.26. The third kappa shape index (κ3) is 4.28. The fourth-order valence-corrected chi connectivity index (χ4v) is 3.40. The molecule has 1 N–H and O–H groups in total. The number of alkyl halides is 3. The molecule has 26 heavy (non-hydrogen) atoms. The Balaban J connectivity index is 2.46. The molecule has 0 aliphatic carbocycles. The van der Waals surface area contributed by atoms with Crippen LogP contribution >= 0.6 is 11.6 Å². The first-order chi connectivity index (χ1) is 12.0. The van der Waals surface area contributed by atoms with Gasteiger partial charge < -0.3 is 4.74 Å². The maximum atomic E-state index is 12.8. The molecule has 5 nitrogen and oxygen atoms in total. The molecule has 0 fully saturated rings. The molecule has 0 aliphatic rings. The standard InChI is InChI=1S/C16H13ClF3NO4S/c1-9-3-5-11(8-12(9)15(22)25-2)26(23,24)21-14-7-10(16(18,19)20)4-6-13(14)17/h3-8,21H,1-2H3. The Bertz CT molecular complexity index is 958. The molecule has 0 heterocycles. The van der Waals surface area contributed by atoms with Crippen LogP contribution in [0.1, 0.15) is 21.5 Å². The van der Waals surface area contributed by atoms with E-state index in [-0.39, 0.29) is 15.5 Å². The maximum absolute atomic E-state index is 12.8. The van der Waals surface area contributed by atoms with E-state index in [0.29, 0.717) is 11.6 Å². The first-order valence-corrected chi connectivity index (χ1v) is 8.90. The molecule has 140 valence electrons. The van der Waals surface area contributed by atoms with E-state index in [1.807, 2.05) is 4.72 Å². The highest BCUT2D eigenvalue weighted by molar-refractivity contribution is 7.92. The van der Waals surface area contributed by atoms with Gasteiger partial charge in [0.05, 0.1) is 33.8 Å². The molecule has 2 rings (SSSR count). The summed E-state index contributed by atoms with van der Waals surface area (Å²) in [5.41, 5.74) is -0.987. The van der Waals surface area contributed by atoms with Crippen LogP contribution in [0.3, 0.4) is 0 Å². The monoisotopic (exact) mass is 407 g/mol. The molecule has 2 aromatic rings. The summed E-state index contributed by atoms with van der Waals surface area (Å²) in [6.45, 7) is 1.58. The second kappa shape index (κ2) is 7.16. The van der Waals surface area contributed by atoms with Crippen LogP contribution in [0.2, 0.25) is 5.02 Å². The van der Waals surface area contributed by atoms with Crippen molar-refractivity contribution in [3.8, 4) is 0 Å². The lowest BCUT2D eigenvalue weighted by Crippen LogP contribution is -2.16. The lowest BCUT2D eigenvalue weighted by atomic mass is 10.1. The van der Waals surface area contributed by atoms with Crippen LogP contribution in [0.4, 0.5) is 18.9 Å². The number of benzene rings is 2. The number of anilines is 1. The van der Waals surface area contributed by atoms with Crippen molar-refractivity contribution >= 4 is 33.3 Å². The van der Waals surface area contributed by atoms with Crippen molar-refractivity contribution in [2.75, 3.05) is 11.8 Å². The summed E-state index contributed by atoms with van der Waals surface area (Å²) in [4.78, 5) is 11.4. The second-order valence-electron chi connectivity index (χ2n) is 5.27. The highest BCUT2D eigenvalue weighted by atomic mass is 35.5. The van der Waals surface area contributed by atoms with E-state index in [1.165, 1.54) is 12.1 Å². The largest absolute Gasteiger partial charge is 0.465 e. The van der Waals surface area contributed by atoms with Gasteiger partial charge >= 0.3 is 12.1 Å². The molecule has 0 radical (unpaired) electrons. The average Bonchev–Trinajstić information content (AvgIpc) is 2.55. The van der Waals surface area contributed by atoms with Crippen LogP contribution < -0.4 is 4.72 Å². The van der Waals surface area contributed by atoms with Crippen LogP contribution in [-0.2, 0) is 20.9 Å².